The molecule has 4 heterocycles. The fourth-order valence-corrected chi connectivity index (χ4v) is 4.94. The van der Waals surface area contributed by atoms with Gasteiger partial charge < -0.3 is 19.9 Å². The quantitative estimate of drug-likeness (QED) is 0.855. The number of amides is 1. The van der Waals surface area contributed by atoms with Gasteiger partial charge in [-0.3, -0.25) is 4.79 Å². The van der Waals surface area contributed by atoms with Crippen molar-refractivity contribution < 1.29 is 9.53 Å². The van der Waals surface area contributed by atoms with E-state index in [0.29, 0.717) is 0 Å². The predicted molar refractivity (Wildman–Crippen MR) is 105 cm³/mol. The molecule has 1 aromatic carbocycles. The maximum Gasteiger partial charge on any atom is 0.241 e. The summed E-state index contributed by atoms with van der Waals surface area (Å²) in [6.45, 7) is 3.60. The predicted octanol–water partition coefficient (Wildman–Crippen LogP) is 2.86. The van der Waals surface area contributed by atoms with Gasteiger partial charge in [-0.25, -0.2) is 4.98 Å². The standard InChI is InChI=1S/C21H28N4O2/c26-20(17-13-21(14-22-17)7-10-27-11-8-21)23-15-5-6-18-16(12-15)24-19-4-2-1-3-9-25(18)19/h5-6,12,17,22H,1-4,7-11,13-14H2,(H,23,26). The molecule has 144 valence electrons. The number of ether oxygens (including phenoxy) is 1. The Balaban J connectivity index is 1.30. The van der Waals surface area contributed by atoms with Crippen LogP contribution >= 0.6 is 0 Å². The lowest BCUT2D eigenvalue weighted by atomic mass is 9.78. The molecule has 2 fully saturated rings. The van der Waals surface area contributed by atoms with Gasteiger partial charge in [0.05, 0.1) is 17.1 Å². The average Bonchev–Trinajstić information content (AvgIpc) is 3.15. The van der Waals surface area contributed by atoms with Crippen molar-refractivity contribution in [3.8, 4) is 0 Å². The number of hydrogen-bond acceptors (Lipinski definition) is 4. The largest absolute Gasteiger partial charge is 0.381 e. The van der Waals surface area contributed by atoms with Crippen molar-refractivity contribution in [3.63, 3.8) is 0 Å². The third kappa shape index (κ3) is 3.25. The van der Waals surface area contributed by atoms with E-state index in [-0.39, 0.29) is 17.4 Å². The number of anilines is 1. The van der Waals surface area contributed by atoms with Crippen molar-refractivity contribution in [1.29, 1.82) is 0 Å². The zero-order valence-electron chi connectivity index (χ0n) is 15.8. The lowest BCUT2D eigenvalue weighted by Gasteiger charge is -2.32. The van der Waals surface area contributed by atoms with E-state index in [1.54, 1.807) is 0 Å². The van der Waals surface area contributed by atoms with Gasteiger partial charge in [0, 0.05) is 38.4 Å². The van der Waals surface area contributed by atoms with Crippen LogP contribution in [0.25, 0.3) is 11.0 Å². The molecule has 6 heteroatoms. The topological polar surface area (TPSA) is 68.2 Å². The summed E-state index contributed by atoms with van der Waals surface area (Å²) < 4.78 is 7.84. The number of carbonyl (C=O) groups is 1. The lowest BCUT2D eigenvalue weighted by Crippen LogP contribution is -2.35. The number of nitrogens with one attached hydrogen (secondary N) is 2. The molecular weight excluding hydrogens is 340 g/mol. The molecule has 2 aromatic rings. The molecular formula is C21H28N4O2. The third-order valence-electron chi connectivity index (χ3n) is 6.61. The second-order valence-corrected chi connectivity index (χ2v) is 8.43. The number of carbonyl (C=O) groups excluding carboxylic acids is 1. The van der Waals surface area contributed by atoms with Crippen LogP contribution < -0.4 is 10.6 Å². The average molecular weight is 368 g/mol. The normalized spacial score (nSPS) is 24.7. The molecule has 1 aromatic heterocycles. The van der Waals surface area contributed by atoms with Crippen LogP contribution in [0.3, 0.4) is 0 Å². The Hall–Kier alpha value is -1.92. The van der Waals surface area contributed by atoms with Gasteiger partial charge in [0.25, 0.3) is 0 Å². The van der Waals surface area contributed by atoms with Crippen molar-refractivity contribution in [3.05, 3.63) is 24.0 Å². The maximum absolute atomic E-state index is 12.8. The maximum atomic E-state index is 12.8. The first kappa shape index (κ1) is 17.2. The van der Waals surface area contributed by atoms with E-state index in [2.05, 4.69) is 21.3 Å². The number of nitrogens with zero attached hydrogens (tertiary/aromatic N) is 2. The monoisotopic (exact) mass is 368 g/mol. The minimum absolute atomic E-state index is 0.0680. The Morgan fingerprint density at radius 2 is 2.15 bits per heavy atom. The number of rotatable bonds is 2. The van der Waals surface area contributed by atoms with E-state index in [1.165, 1.54) is 30.6 Å². The molecule has 2 saturated heterocycles. The highest BCUT2D eigenvalue weighted by molar-refractivity contribution is 5.96. The van der Waals surface area contributed by atoms with Gasteiger partial charge in [-0.05, 0) is 55.7 Å². The fraction of sp³-hybridized carbons (Fsp3) is 0.619. The molecule has 6 nitrogen and oxygen atoms in total. The highest BCUT2D eigenvalue weighted by atomic mass is 16.5. The van der Waals surface area contributed by atoms with Gasteiger partial charge in [-0.1, -0.05) is 6.42 Å². The van der Waals surface area contributed by atoms with Gasteiger partial charge in [0.1, 0.15) is 5.82 Å². The van der Waals surface area contributed by atoms with Crippen molar-refractivity contribution >= 4 is 22.6 Å². The Bertz CT molecular complexity index is 853. The van der Waals surface area contributed by atoms with Crippen LogP contribution in [-0.4, -0.2) is 41.3 Å². The number of imidazole rings is 1. The van der Waals surface area contributed by atoms with Crippen LogP contribution in [0.15, 0.2) is 18.2 Å². The number of aryl methyl sites for hydroxylation is 2. The Morgan fingerprint density at radius 1 is 1.26 bits per heavy atom. The molecule has 2 N–H and O–H groups in total. The Kier molecular flexibility index (Phi) is 4.40. The third-order valence-corrected chi connectivity index (χ3v) is 6.61. The van der Waals surface area contributed by atoms with Gasteiger partial charge in [-0.15, -0.1) is 0 Å². The first-order valence-electron chi connectivity index (χ1n) is 10.3. The summed E-state index contributed by atoms with van der Waals surface area (Å²) in [5, 5.41) is 6.54. The number of hydrogen-bond donors (Lipinski definition) is 2. The summed E-state index contributed by atoms with van der Waals surface area (Å²) in [4.78, 5) is 17.6. The van der Waals surface area contributed by atoms with Crippen LogP contribution in [0.4, 0.5) is 5.69 Å². The summed E-state index contributed by atoms with van der Waals surface area (Å²) in [6, 6.07) is 6.03. The molecule has 5 rings (SSSR count). The zero-order chi connectivity index (χ0) is 18.3. The Labute approximate surface area is 159 Å². The van der Waals surface area contributed by atoms with E-state index in [1.807, 2.05) is 12.1 Å². The smallest absolute Gasteiger partial charge is 0.241 e. The van der Waals surface area contributed by atoms with Crippen molar-refractivity contribution in [2.75, 3.05) is 25.1 Å². The van der Waals surface area contributed by atoms with E-state index in [9.17, 15) is 4.79 Å². The van der Waals surface area contributed by atoms with Gasteiger partial charge in [0.15, 0.2) is 0 Å². The summed E-state index contributed by atoms with van der Waals surface area (Å²) >= 11 is 0. The number of aromatic nitrogens is 2. The molecule has 3 aliphatic rings. The molecule has 1 amide bonds. The van der Waals surface area contributed by atoms with Gasteiger partial charge >= 0.3 is 0 Å². The lowest BCUT2D eigenvalue weighted by molar-refractivity contribution is -0.118. The molecule has 0 bridgehead atoms. The van der Waals surface area contributed by atoms with Crippen molar-refractivity contribution in [2.24, 2.45) is 5.41 Å². The van der Waals surface area contributed by atoms with Gasteiger partial charge in [-0.2, -0.15) is 0 Å². The highest BCUT2D eigenvalue weighted by Gasteiger charge is 2.42. The molecule has 0 saturated carbocycles. The van der Waals surface area contributed by atoms with Crippen LogP contribution in [0.1, 0.15) is 44.3 Å². The molecule has 27 heavy (non-hydrogen) atoms. The van der Waals surface area contributed by atoms with Gasteiger partial charge in [0.2, 0.25) is 5.91 Å². The van der Waals surface area contributed by atoms with E-state index in [4.69, 9.17) is 9.72 Å². The summed E-state index contributed by atoms with van der Waals surface area (Å²) in [6.07, 6.45) is 7.77. The molecule has 1 unspecified atom stereocenters. The summed E-state index contributed by atoms with van der Waals surface area (Å²) in [7, 11) is 0. The van der Waals surface area contributed by atoms with Crippen LogP contribution in [-0.2, 0) is 22.5 Å². The van der Waals surface area contributed by atoms with Crippen LogP contribution in [0.5, 0.6) is 0 Å². The summed E-state index contributed by atoms with van der Waals surface area (Å²) in [5.74, 6) is 1.25. The second-order valence-electron chi connectivity index (χ2n) is 8.43. The van der Waals surface area contributed by atoms with E-state index >= 15 is 0 Å². The molecule has 0 aliphatic carbocycles. The van der Waals surface area contributed by atoms with E-state index in [0.717, 1.165) is 63.2 Å². The minimum Gasteiger partial charge on any atom is -0.381 e. The Morgan fingerprint density at radius 3 is 3.04 bits per heavy atom. The highest BCUT2D eigenvalue weighted by Crippen LogP contribution is 2.38. The summed E-state index contributed by atoms with van der Waals surface area (Å²) in [5.41, 5.74) is 3.26. The fourth-order valence-electron chi connectivity index (χ4n) is 4.94. The molecule has 1 spiro atoms. The second kappa shape index (κ2) is 6.91. The molecule has 3 aliphatic heterocycles. The van der Waals surface area contributed by atoms with Crippen LogP contribution in [0, 0.1) is 5.41 Å². The molecule has 1 atom stereocenters. The van der Waals surface area contributed by atoms with Crippen molar-refractivity contribution in [2.45, 2.75) is 57.5 Å². The molecule has 0 radical (unpaired) electrons. The number of fused-ring (bicyclic) bond motifs is 3. The zero-order valence-corrected chi connectivity index (χ0v) is 15.8. The number of benzene rings is 1. The first-order valence-corrected chi connectivity index (χ1v) is 10.3. The van der Waals surface area contributed by atoms with E-state index < -0.39 is 0 Å². The SMILES string of the molecule is O=C(Nc1ccc2c(c1)nc1n2CCCCC1)C1CC2(CCOCC2)CN1. The van der Waals surface area contributed by atoms with Crippen LogP contribution in [0.2, 0.25) is 0 Å². The minimum atomic E-state index is -0.113. The van der Waals surface area contributed by atoms with Crippen molar-refractivity contribution in [1.82, 2.24) is 14.9 Å². The first-order chi connectivity index (χ1) is 13.2.